The van der Waals surface area contributed by atoms with E-state index in [1.54, 1.807) is 12.1 Å². The molecule has 1 atom stereocenters. The van der Waals surface area contributed by atoms with Crippen LogP contribution in [0.2, 0.25) is 0 Å². The normalized spacial score (nSPS) is 20.7. The quantitative estimate of drug-likeness (QED) is 0.854. The number of alkyl carbamates (subject to hydrolysis) is 1. The van der Waals surface area contributed by atoms with Crippen molar-refractivity contribution in [2.75, 3.05) is 13.2 Å². The number of cyclic esters (lactones) is 1. The van der Waals surface area contributed by atoms with E-state index in [0.717, 1.165) is 4.47 Å². The van der Waals surface area contributed by atoms with E-state index in [2.05, 4.69) is 21.2 Å². The predicted octanol–water partition coefficient (Wildman–Crippen LogP) is 2.41. The monoisotopic (exact) mass is 273 g/mol. The van der Waals surface area contributed by atoms with Crippen molar-refractivity contribution in [2.45, 2.75) is 5.92 Å². The molecule has 1 fully saturated rings. The minimum Gasteiger partial charge on any atom is -0.449 e. The zero-order chi connectivity index (χ0) is 10.8. The van der Waals surface area contributed by atoms with Crippen molar-refractivity contribution in [1.29, 1.82) is 0 Å². The Bertz CT molecular complexity index is 387. The van der Waals surface area contributed by atoms with Gasteiger partial charge in [0.1, 0.15) is 12.4 Å². The van der Waals surface area contributed by atoms with Crippen LogP contribution in [0.5, 0.6) is 0 Å². The van der Waals surface area contributed by atoms with Gasteiger partial charge in [-0.3, -0.25) is 0 Å². The van der Waals surface area contributed by atoms with Crippen LogP contribution in [0.3, 0.4) is 0 Å². The third-order valence-corrected chi connectivity index (χ3v) is 2.80. The van der Waals surface area contributed by atoms with Gasteiger partial charge in [0.25, 0.3) is 0 Å². The van der Waals surface area contributed by atoms with Crippen molar-refractivity contribution in [3.05, 3.63) is 34.1 Å². The van der Waals surface area contributed by atoms with Crippen LogP contribution in [-0.2, 0) is 4.74 Å². The van der Waals surface area contributed by atoms with E-state index in [4.69, 9.17) is 4.74 Å². The van der Waals surface area contributed by atoms with Gasteiger partial charge in [0.2, 0.25) is 0 Å². The molecule has 0 bridgehead atoms. The summed E-state index contributed by atoms with van der Waals surface area (Å²) >= 11 is 3.28. The number of hydrogen-bond acceptors (Lipinski definition) is 2. The maximum absolute atomic E-state index is 13.5. The largest absolute Gasteiger partial charge is 0.449 e. The summed E-state index contributed by atoms with van der Waals surface area (Å²) in [6.07, 6.45) is -0.443. The fourth-order valence-corrected chi connectivity index (χ4v) is 1.90. The number of halogens is 2. The molecule has 15 heavy (non-hydrogen) atoms. The Kier molecular flexibility index (Phi) is 2.90. The molecule has 1 aliphatic rings. The number of rotatable bonds is 1. The molecule has 1 aromatic rings. The molecule has 80 valence electrons. The summed E-state index contributed by atoms with van der Waals surface area (Å²) in [6.45, 7) is 0.630. The van der Waals surface area contributed by atoms with Crippen LogP contribution in [-0.4, -0.2) is 19.2 Å². The molecule has 0 aromatic heterocycles. The Balaban J connectivity index is 2.21. The summed E-state index contributed by atoms with van der Waals surface area (Å²) in [7, 11) is 0. The summed E-state index contributed by atoms with van der Waals surface area (Å²) in [5.74, 6) is -0.400. The summed E-state index contributed by atoms with van der Waals surface area (Å²) in [4.78, 5) is 10.8. The van der Waals surface area contributed by atoms with Crippen LogP contribution >= 0.6 is 15.9 Å². The number of hydrogen-bond donors (Lipinski definition) is 1. The molecule has 2 rings (SSSR count). The SMILES string of the molecule is O=C1NC[C@H](c2cc(Br)ccc2F)CO1. The fourth-order valence-electron chi connectivity index (χ4n) is 1.52. The second kappa shape index (κ2) is 4.18. The van der Waals surface area contributed by atoms with E-state index in [1.165, 1.54) is 6.07 Å². The molecule has 1 heterocycles. The number of carbonyl (C=O) groups excluding carboxylic acids is 1. The van der Waals surface area contributed by atoms with Crippen LogP contribution in [0, 0.1) is 5.82 Å². The molecule has 5 heteroatoms. The predicted molar refractivity (Wildman–Crippen MR) is 56.2 cm³/mol. The standard InChI is InChI=1S/C10H9BrFNO2/c11-7-1-2-9(12)8(3-7)6-4-13-10(14)15-5-6/h1-3,6H,4-5H2,(H,13,14)/t6-/m0/s1. The highest BCUT2D eigenvalue weighted by atomic mass is 79.9. The first-order valence-electron chi connectivity index (χ1n) is 4.52. The molecule has 3 nitrogen and oxygen atoms in total. The summed E-state index contributed by atoms with van der Waals surface area (Å²) < 4.78 is 19.1. The van der Waals surface area contributed by atoms with E-state index in [-0.39, 0.29) is 18.3 Å². The zero-order valence-corrected chi connectivity index (χ0v) is 9.38. The molecular weight excluding hydrogens is 265 g/mol. The van der Waals surface area contributed by atoms with Gasteiger partial charge < -0.3 is 10.1 Å². The van der Waals surface area contributed by atoms with Gasteiger partial charge in [0, 0.05) is 16.9 Å². The highest BCUT2D eigenvalue weighted by molar-refractivity contribution is 9.10. The average molecular weight is 274 g/mol. The fraction of sp³-hybridized carbons (Fsp3) is 0.300. The number of ether oxygens (including phenoxy) is 1. The Labute approximate surface area is 94.7 Å². The molecular formula is C10H9BrFNO2. The Morgan fingerprint density at radius 1 is 1.53 bits per heavy atom. The van der Waals surface area contributed by atoms with Crippen molar-refractivity contribution in [3.63, 3.8) is 0 Å². The first kappa shape index (κ1) is 10.4. The van der Waals surface area contributed by atoms with Crippen molar-refractivity contribution < 1.29 is 13.9 Å². The van der Waals surface area contributed by atoms with Crippen LogP contribution < -0.4 is 5.32 Å². The third-order valence-electron chi connectivity index (χ3n) is 2.31. The zero-order valence-electron chi connectivity index (χ0n) is 7.80. The summed E-state index contributed by atoms with van der Waals surface area (Å²) in [6, 6.07) is 4.75. The van der Waals surface area contributed by atoms with Crippen LogP contribution in [0.4, 0.5) is 9.18 Å². The Morgan fingerprint density at radius 3 is 3.00 bits per heavy atom. The Morgan fingerprint density at radius 2 is 2.33 bits per heavy atom. The van der Waals surface area contributed by atoms with Gasteiger partial charge in [-0.1, -0.05) is 15.9 Å². The lowest BCUT2D eigenvalue weighted by atomic mass is 9.99. The summed E-state index contributed by atoms with van der Waals surface area (Å²) in [5, 5.41) is 2.53. The molecule has 1 amide bonds. The molecule has 0 spiro atoms. The number of nitrogens with one attached hydrogen (secondary N) is 1. The van der Waals surface area contributed by atoms with Gasteiger partial charge in [-0.05, 0) is 23.8 Å². The van der Waals surface area contributed by atoms with Crippen molar-refractivity contribution in [3.8, 4) is 0 Å². The van der Waals surface area contributed by atoms with E-state index < -0.39 is 6.09 Å². The van der Waals surface area contributed by atoms with Crippen molar-refractivity contribution in [2.24, 2.45) is 0 Å². The van der Waals surface area contributed by atoms with Crippen molar-refractivity contribution >= 4 is 22.0 Å². The number of carbonyl (C=O) groups is 1. The summed E-state index contributed by atoms with van der Waals surface area (Å²) in [5.41, 5.74) is 0.560. The lowest BCUT2D eigenvalue weighted by Crippen LogP contribution is -2.37. The van der Waals surface area contributed by atoms with E-state index >= 15 is 0 Å². The maximum Gasteiger partial charge on any atom is 0.407 e. The average Bonchev–Trinajstić information content (AvgIpc) is 2.23. The van der Waals surface area contributed by atoms with E-state index in [1.807, 2.05) is 0 Å². The third kappa shape index (κ3) is 2.28. The molecule has 0 unspecified atom stereocenters. The van der Waals surface area contributed by atoms with E-state index in [0.29, 0.717) is 12.1 Å². The van der Waals surface area contributed by atoms with Crippen molar-refractivity contribution in [1.82, 2.24) is 5.32 Å². The van der Waals surface area contributed by atoms with E-state index in [9.17, 15) is 9.18 Å². The van der Waals surface area contributed by atoms with Gasteiger partial charge >= 0.3 is 6.09 Å². The maximum atomic E-state index is 13.5. The van der Waals surface area contributed by atoms with Gasteiger partial charge in [0.05, 0.1) is 0 Å². The van der Waals surface area contributed by atoms with Gasteiger partial charge in [0.15, 0.2) is 0 Å². The molecule has 1 aliphatic heterocycles. The highest BCUT2D eigenvalue weighted by Crippen LogP contribution is 2.24. The smallest absolute Gasteiger partial charge is 0.407 e. The topological polar surface area (TPSA) is 38.3 Å². The van der Waals surface area contributed by atoms with Gasteiger partial charge in [-0.15, -0.1) is 0 Å². The minimum atomic E-state index is -0.443. The molecule has 1 saturated heterocycles. The first-order valence-corrected chi connectivity index (χ1v) is 5.31. The molecule has 0 aliphatic carbocycles. The second-order valence-electron chi connectivity index (χ2n) is 3.34. The van der Waals surface area contributed by atoms with Gasteiger partial charge in [-0.2, -0.15) is 0 Å². The Hall–Kier alpha value is -1.10. The van der Waals surface area contributed by atoms with Gasteiger partial charge in [-0.25, -0.2) is 9.18 Å². The lowest BCUT2D eigenvalue weighted by molar-refractivity contribution is 0.119. The second-order valence-corrected chi connectivity index (χ2v) is 4.26. The van der Waals surface area contributed by atoms with Crippen LogP contribution in [0.1, 0.15) is 11.5 Å². The lowest BCUT2D eigenvalue weighted by Gasteiger charge is -2.23. The molecule has 1 aromatic carbocycles. The highest BCUT2D eigenvalue weighted by Gasteiger charge is 2.23. The molecule has 1 N–H and O–H groups in total. The molecule has 0 saturated carbocycles. The van der Waals surface area contributed by atoms with Crippen LogP contribution in [0.15, 0.2) is 22.7 Å². The molecule has 0 radical (unpaired) electrons. The number of amides is 1. The first-order chi connectivity index (χ1) is 7.16. The van der Waals surface area contributed by atoms with Crippen LogP contribution in [0.25, 0.3) is 0 Å². The minimum absolute atomic E-state index is 0.125. The number of benzene rings is 1.